The third-order valence-electron chi connectivity index (χ3n) is 3.87. The van der Waals surface area contributed by atoms with Crippen LogP contribution in [0.2, 0.25) is 0 Å². The molecule has 3 nitrogen and oxygen atoms in total. The summed E-state index contributed by atoms with van der Waals surface area (Å²) in [4.78, 5) is 11.2. The number of urea groups is 1. The lowest BCUT2D eigenvalue weighted by Crippen LogP contribution is -2.54. The Morgan fingerprint density at radius 2 is 1.41 bits per heavy atom. The van der Waals surface area contributed by atoms with Crippen LogP contribution < -0.4 is 10.6 Å². The van der Waals surface area contributed by atoms with Gasteiger partial charge in [-0.1, -0.05) is 52.4 Å². The fourth-order valence-electron chi connectivity index (χ4n) is 2.64. The van der Waals surface area contributed by atoms with Crippen LogP contribution in [0, 0.1) is 5.41 Å². The Morgan fingerprint density at radius 1 is 0.941 bits per heavy atom. The maximum Gasteiger partial charge on any atom is 0.314 e. The summed E-state index contributed by atoms with van der Waals surface area (Å²) in [6.07, 6.45) is 10.2. The Bertz CT molecular complexity index is 206. The van der Waals surface area contributed by atoms with E-state index in [-0.39, 0.29) is 6.03 Å². The van der Waals surface area contributed by atoms with Gasteiger partial charge < -0.3 is 10.6 Å². The summed E-state index contributed by atoms with van der Waals surface area (Å²) in [7, 11) is 0. The maximum absolute atomic E-state index is 11.2. The summed E-state index contributed by atoms with van der Waals surface area (Å²) < 4.78 is 0. The second-order valence-electron chi connectivity index (χ2n) is 5.45. The number of carbonyl (C=O) groups excluding carboxylic acids is 1. The van der Waals surface area contributed by atoms with E-state index in [9.17, 15) is 4.79 Å². The monoisotopic (exact) mass is 240 g/mol. The summed E-state index contributed by atoms with van der Waals surface area (Å²) in [5, 5.41) is 5.95. The van der Waals surface area contributed by atoms with Crippen LogP contribution in [0.5, 0.6) is 0 Å². The van der Waals surface area contributed by atoms with Crippen LogP contribution in [0.4, 0.5) is 4.79 Å². The summed E-state index contributed by atoms with van der Waals surface area (Å²) in [5.74, 6) is 0. The zero-order chi connectivity index (χ0) is 12.6. The van der Waals surface area contributed by atoms with Crippen LogP contribution in [-0.2, 0) is 0 Å². The molecule has 0 unspecified atom stereocenters. The summed E-state index contributed by atoms with van der Waals surface area (Å²) in [5.41, 5.74) is 0.318. The molecule has 0 radical (unpaired) electrons. The predicted molar refractivity (Wildman–Crippen MR) is 72.1 cm³/mol. The van der Waals surface area contributed by atoms with Crippen molar-refractivity contribution in [2.75, 3.05) is 13.1 Å². The quantitative estimate of drug-likeness (QED) is 0.627. The lowest BCUT2D eigenvalue weighted by atomic mass is 9.77. The maximum atomic E-state index is 11.2. The lowest BCUT2D eigenvalue weighted by molar-refractivity contribution is 0.171. The highest BCUT2D eigenvalue weighted by Crippen LogP contribution is 2.31. The molecule has 1 saturated heterocycles. The molecule has 1 fully saturated rings. The van der Waals surface area contributed by atoms with Crippen LogP contribution in [0.25, 0.3) is 0 Å². The Hall–Kier alpha value is -0.730. The molecule has 17 heavy (non-hydrogen) atoms. The van der Waals surface area contributed by atoms with Gasteiger partial charge in [-0.05, 0) is 12.8 Å². The van der Waals surface area contributed by atoms with Gasteiger partial charge in [-0.15, -0.1) is 0 Å². The Kier molecular flexibility index (Phi) is 6.38. The smallest absolute Gasteiger partial charge is 0.314 e. The molecule has 1 heterocycles. The Labute approximate surface area is 106 Å². The lowest BCUT2D eigenvalue weighted by Gasteiger charge is -2.38. The highest BCUT2D eigenvalue weighted by molar-refractivity contribution is 5.74. The number of rotatable bonds is 8. The minimum absolute atomic E-state index is 0.00612. The van der Waals surface area contributed by atoms with Gasteiger partial charge in [-0.2, -0.15) is 0 Å². The molecule has 2 N–H and O–H groups in total. The fraction of sp³-hybridized carbons (Fsp3) is 0.929. The van der Waals surface area contributed by atoms with Crippen LogP contribution >= 0.6 is 0 Å². The van der Waals surface area contributed by atoms with E-state index in [1.54, 1.807) is 0 Å². The molecular weight excluding hydrogens is 212 g/mol. The van der Waals surface area contributed by atoms with Crippen LogP contribution in [0.15, 0.2) is 0 Å². The minimum Gasteiger partial charge on any atom is -0.338 e. The molecule has 0 aromatic rings. The summed E-state index contributed by atoms with van der Waals surface area (Å²) in [6.45, 7) is 6.22. The molecule has 0 bridgehead atoms. The van der Waals surface area contributed by atoms with E-state index in [4.69, 9.17) is 0 Å². The first-order valence-electron chi connectivity index (χ1n) is 7.24. The van der Waals surface area contributed by atoms with Gasteiger partial charge in [0.05, 0.1) is 0 Å². The first kappa shape index (κ1) is 14.3. The van der Waals surface area contributed by atoms with E-state index in [2.05, 4.69) is 24.5 Å². The molecule has 100 valence electrons. The molecule has 0 aliphatic carbocycles. The second kappa shape index (κ2) is 7.57. The van der Waals surface area contributed by atoms with Gasteiger partial charge in [0.2, 0.25) is 0 Å². The molecule has 1 rings (SSSR count). The first-order valence-corrected chi connectivity index (χ1v) is 7.24. The standard InChI is InChI=1S/C14H28N2O/c1-3-5-7-9-14(10-8-6-4-2)11-15-13(17)16-12-14/h3-12H2,1-2H3,(H2,15,16,17). The number of hydrogen-bond donors (Lipinski definition) is 2. The number of carbonyl (C=O) groups is 1. The van der Waals surface area contributed by atoms with Gasteiger partial charge in [-0.25, -0.2) is 4.79 Å². The van der Waals surface area contributed by atoms with E-state index >= 15 is 0 Å². The van der Waals surface area contributed by atoms with Crippen molar-refractivity contribution >= 4 is 6.03 Å². The summed E-state index contributed by atoms with van der Waals surface area (Å²) in [6, 6.07) is 0.00612. The average Bonchev–Trinajstić information content (AvgIpc) is 2.34. The molecule has 0 spiro atoms. The third kappa shape index (κ3) is 4.97. The highest BCUT2D eigenvalue weighted by Gasteiger charge is 2.33. The van der Waals surface area contributed by atoms with Crippen LogP contribution in [-0.4, -0.2) is 19.1 Å². The van der Waals surface area contributed by atoms with Gasteiger partial charge in [0, 0.05) is 18.5 Å². The second-order valence-corrected chi connectivity index (χ2v) is 5.45. The summed E-state index contributed by atoms with van der Waals surface area (Å²) >= 11 is 0. The molecule has 0 atom stereocenters. The van der Waals surface area contributed by atoms with E-state index in [1.807, 2.05) is 0 Å². The van der Waals surface area contributed by atoms with Gasteiger partial charge in [0.15, 0.2) is 0 Å². The Morgan fingerprint density at radius 3 is 1.82 bits per heavy atom. The van der Waals surface area contributed by atoms with E-state index in [1.165, 1.54) is 51.4 Å². The molecular formula is C14H28N2O. The van der Waals surface area contributed by atoms with E-state index in [0.29, 0.717) is 5.41 Å². The highest BCUT2D eigenvalue weighted by atomic mass is 16.2. The zero-order valence-corrected chi connectivity index (χ0v) is 11.5. The van der Waals surface area contributed by atoms with Crippen molar-refractivity contribution in [3.63, 3.8) is 0 Å². The minimum atomic E-state index is 0.00612. The SMILES string of the molecule is CCCCCC1(CCCCC)CNC(=O)NC1. The first-order chi connectivity index (χ1) is 8.22. The topological polar surface area (TPSA) is 41.1 Å². The molecule has 3 heteroatoms. The molecule has 2 amide bonds. The number of hydrogen-bond acceptors (Lipinski definition) is 1. The van der Waals surface area contributed by atoms with Crippen molar-refractivity contribution in [2.45, 2.75) is 65.2 Å². The number of unbranched alkanes of at least 4 members (excludes halogenated alkanes) is 4. The largest absolute Gasteiger partial charge is 0.338 e. The third-order valence-corrected chi connectivity index (χ3v) is 3.87. The molecule has 1 aliphatic rings. The predicted octanol–water partition coefficient (Wildman–Crippen LogP) is 3.45. The average molecular weight is 240 g/mol. The van der Waals surface area contributed by atoms with Crippen molar-refractivity contribution in [3.05, 3.63) is 0 Å². The van der Waals surface area contributed by atoms with Crippen molar-refractivity contribution in [1.82, 2.24) is 10.6 Å². The van der Waals surface area contributed by atoms with Gasteiger partial charge in [0.25, 0.3) is 0 Å². The van der Waals surface area contributed by atoms with E-state index in [0.717, 1.165) is 13.1 Å². The van der Waals surface area contributed by atoms with Crippen molar-refractivity contribution in [2.24, 2.45) is 5.41 Å². The Balaban J connectivity index is 2.41. The molecule has 0 saturated carbocycles. The van der Waals surface area contributed by atoms with Gasteiger partial charge in [0.1, 0.15) is 0 Å². The fourth-order valence-corrected chi connectivity index (χ4v) is 2.64. The van der Waals surface area contributed by atoms with Crippen molar-refractivity contribution in [3.8, 4) is 0 Å². The van der Waals surface area contributed by atoms with E-state index < -0.39 is 0 Å². The number of nitrogens with one attached hydrogen (secondary N) is 2. The van der Waals surface area contributed by atoms with Gasteiger partial charge in [-0.3, -0.25) is 0 Å². The number of amides is 2. The van der Waals surface area contributed by atoms with Crippen molar-refractivity contribution in [1.29, 1.82) is 0 Å². The molecule has 1 aliphatic heterocycles. The zero-order valence-electron chi connectivity index (χ0n) is 11.5. The van der Waals surface area contributed by atoms with Crippen LogP contribution in [0.3, 0.4) is 0 Å². The normalized spacial score (nSPS) is 18.6. The van der Waals surface area contributed by atoms with Crippen LogP contribution in [0.1, 0.15) is 65.2 Å². The van der Waals surface area contributed by atoms with Crippen molar-refractivity contribution < 1.29 is 4.79 Å². The molecule has 0 aromatic carbocycles. The molecule has 0 aromatic heterocycles. The van der Waals surface area contributed by atoms with Gasteiger partial charge >= 0.3 is 6.03 Å².